The van der Waals surface area contributed by atoms with E-state index in [-0.39, 0.29) is 17.9 Å². The summed E-state index contributed by atoms with van der Waals surface area (Å²) in [7, 11) is 0. The van der Waals surface area contributed by atoms with Crippen molar-refractivity contribution >= 4 is 29.2 Å². The maximum absolute atomic E-state index is 12.3. The van der Waals surface area contributed by atoms with Crippen LogP contribution in [0.5, 0.6) is 5.75 Å². The maximum atomic E-state index is 12.3. The molecule has 0 unspecified atom stereocenters. The second-order valence-corrected chi connectivity index (χ2v) is 6.08. The highest BCUT2D eigenvalue weighted by molar-refractivity contribution is 6.32. The number of benzene rings is 2. The van der Waals surface area contributed by atoms with Crippen LogP contribution in [0, 0.1) is 0 Å². The molecule has 27 heavy (non-hydrogen) atoms. The predicted molar refractivity (Wildman–Crippen MR) is 104 cm³/mol. The number of carbonyl (C=O) groups excluding carboxylic acids is 1. The van der Waals surface area contributed by atoms with E-state index in [4.69, 9.17) is 21.1 Å². The van der Waals surface area contributed by atoms with Crippen molar-refractivity contribution in [3.63, 3.8) is 0 Å². The normalized spacial score (nSPS) is 10.4. The second kappa shape index (κ2) is 10.5. The number of aromatic carboxylic acids is 1. The molecule has 2 rings (SSSR count). The lowest BCUT2D eigenvalue weighted by atomic mass is 10.0. The molecule has 0 aromatic heterocycles. The highest BCUT2D eigenvalue weighted by Gasteiger charge is 2.14. The molecule has 0 aliphatic rings. The average Bonchev–Trinajstić information content (AvgIpc) is 2.65. The molecule has 1 amide bonds. The summed E-state index contributed by atoms with van der Waals surface area (Å²) in [5.74, 6) is -0.879. The lowest BCUT2D eigenvalue weighted by Gasteiger charge is -2.14. The van der Waals surface area contributed by atoms with E-state index in [0.29, 0.717) is 48.3 Å². The molecule has 0 aliphatic heterocycles. The third-order valence-electron chi connectivity index (χ3n) is 3.79. The van der Waals surface area contributed by atoms with Gasteiger partial charge in [0, 0.05) is 13.0 Å². The van der Waals surface area contributed by atoms with Gasteiger partial charge in [-0.25, -0.2) is 4.79 Å². The number of para-hydroxylation sites is 1. The van der Waals surface area contributed by atoms with Crippen LogP contribution < -0.4 is 10.1 Å². The van der Waals surface area contributed by atoms with Crippen LogP contribution in [0.3, 0.4) is 0 Å². The molecule has 6 nitrogen and oxygen atoms in total. The minimum atomic E-state index is -1.01. The van der Waals surface area contributed by atoms with Crippen LogP contribution in [0.25, 0.3) is 0 Å². The van der Waals surface area contributed by atoms with Gasteiger partial charge in [-0.15, -0.1) is 0 Å². The molecule has 2 aromatic rings. The molecule has 0 fully saturated rings. The van der Waals surface area contributed by atoms with Crippen molar-refractivity contribution in [2.45, 2.75) is 19.8 Å². The third-order valence-corrected chi connectivity index (χ3v) is 4.09. The Kier molecular flexibility index (Phi) is 8.10. The second-order valence-electron chi connectivity index (χ2n) is 5.67. The van der Waals surface area contributed by atoms with Crippen LogP contribution >= 0.6 is 11.6 Å². The van der Waals surface area contributed by atoms with Crippen molar-refractivity contribution < 1.29 is 24.2 Å². The lowest BCUT2D eigenvalue weighted by Crippen LogP contribution is -2.15. The number of aryl methyl sites for hydroxylation is 1. The molecular formula is C20H22ClNO5. The zero-order chi connectivity index (χ0) is 19.6. The van der Waals surface area contributed by atoms with Crippen molar-refractivity contribution in [3.05, 3.63) is 58.6 Å². The molecule has 0 radical (unpaired) electrons. The lowest BCUT2D eigenvalue weighted by molar-refractivity contribution is -0.116. The van der Waals surface area contributed by atoms with Gasteiger partial charge >= 0.3 is 5.97 Å². The fourth-order valence-corrected chi connectivity index (χ4v) is 2.74. The van der Waals surface area contributed by atoms with Gasteiger partial charge in [-0.05, 0) is 37.1 Å². The summed E-state index contributed by atoms with van der Waals surface area (Å²) in [5, 5.41) is 12.4. The maximum Gasteiger partial charge on any atom is 0.335 e. The summed E-state index contributed by atoms with van der Waals surface area (Å²) in [5.41, 5.74) is 1.28. The number of nitrogens with one attached hydrogen (secondary N) is 1. The SMILES string of the molecule is CCOCCOc1c(Cl)cccc1NC(=O)CCc1ccccc1C(=O)O. The van der Waals surface area contributed by atoms with Crippen LogP contribution in [0.15, 0.2) is 42.5 Å². The fourth-order valence-electron chi connectivity index (χ4n) is 2.51. The number of hydrogen-bond acceptors (Lipinski definition) is 4. The number of rotatable bonds is 10. The van der Waals surface area contributed by atoms with Crippen LogP contribution in [-0.4, -0.2) is 36.8 Å². The first-order valence-corrected chi connectivity index (χ1v) is 9.00. The molecule has 0 saturated carbocycles. The van der Waals surface area contributed by atoms with Crippen LogP contribution in [-0.2, 0) is 16.0 Å². The number of hydrogen-bond donors (Lipinski definition) is 2. The first-order valence-electron chi connectivity index (χ1n) is 8.63. The summed E-state index contributed by atoms with van der Waals surface area (Å²) >= 11 is 6.17. The summed E-state index contributed by atoms with van der Waals surface area (Å²) in [4.78, 5) is 23.6. The topological polar surface area (TPSA) is 84.9 Å². The van der Waals surface area contributed by atoms with E-state index in [0.717, 1.165) is 0 Å². The summed E-state index contributed by atoms with van der Waals surface area (Å²) < 4.78 is 10.9. The molecule has 0 saturated heterocycles. The Bertz CT molecular complexity index is 794. The Hall–Kier alpha value is -2.57. The molecule has 2 aromatic carbocycles. The largest absolute Gasteiger partial charge is 0.487 e. The molecule has 0 bridgehead atoms. The Morgan fingerprint density at radius 3 is 2.63 bits per heavy atom. The predicted octanol–water partition coefficient (Wildman–Crippen LogP) is 4.02. The smallest absolute Gasteiger partial charge is 0.335 e. The van der Waals surface area contributed by atoms with Crippen molar-refractivity contribution in [3.8, 4) is 5.75 Å². The molecule has 7 heteroatoms. The van der Waals surface area contributed by atoms with Gasteiger partial charge in [0.1, 0.15) is 6.61 Å². The van der Waals surface area contributed by atoms with E-state index in [1.165, 1.54) is 6.07 Å². The van der Waals surface area contributed by atoms with Gasteiger partial charge in [0.2, 0.25) is 5.91 Å². The minimum Gasteiger partial charge on any atom is -0.487 e. The number of anilines is 1. The van der Waals surface area contributed by atoms with Gasteiger partial charge in [-0.1, -0.05) is 35.9 Å². The zero-order valence-corrected chi connectivity index (χ0v) is 15.8. The van der Waals surface area contributed by atoms with Crippen molar-refractivity contribution in [2.75, 3.05) is 25.1 Å². The highest BCUT2D eigenvalue weighted by Crippen LogP contribution is 2.33. The minimum absolute atomic E-state index is 0.134. The quantitative estimate of drug-likeness (QED) is 0.597. The van der Waals surface area contributed by atoms with Gasteiger partial charge in [0.15, 0.2) is 5.75 Å². The molecular weight excluding hydrogens is 370 g/mol. The van der Waals surface area contributed by atoms with Gasteiger partial charge in [0.05, 0.1) is 22.9 Å². The van der Waals surface area contributed by atoms with Gasteiger partial charge in [0.25, 0.3) is 0 Å². The Morgan fingerprint density at radius 1 is 1.11 bits per heavy atom. The fraction of sp³-hybridized carbons (Fsp3) is 0.300. The number of carboxylic acids is 1. The Balaban J connectivity index is 1.99. The Labute approximate surface area is 163 Å². The average molecular weight is 392 g/mol. The molecule has 0 heterocycles. The molecule has 2 N–H and O–H groups in total. The van der Waals surface area contributed by atoms with E-state index < -0.39 is 5.97 Å². The third kappa shape index (κ3) is 6.27. The van der Waals surface area contributed by atoms with Gasteiger partial charge in [-0.2, -0.15) is 0 Å². The number of halogens is 1. The monoisotopic (exact) mass is 391 g/mol. The summed E-state index contributed by atoms with van der Waals surface area (Å²) in [6.45, 7) is 3.21. The van der Waals surface area contributed by atoms with E-state index in [2.05, 4.69) is 5.32 Å². The van der Waals surface area contributed by atoms with Crippen LogP contribution in [0.1, 0.15) is 29.3 Å². The molecule has 0 atom stereocenters. The number of ether oxygens (including phenoxy) is 2. The van der Waals surface area contributed by atoms with E-state index >= 15 is 0 Å². The first kappa shape index (κ1) is 20.7. The highest BCUT2D eigenvalue weighted by atomic mass is 35.5. The van der Waals surface area contributed by atoms with Gasteiger partial charge in [-0.3, -0.25) is 4.79 Å². The molecule has 0 spiro atoms. The van der Waals surface area contributed by atoms with Gasteiger partial charge < -0.3 is 19.9 Å². The summed E-state index contributed by atoms with van der Waals surface area (Å²) in [6.07, 6.45) is 0.449. The number of carboxylic acid groups (broad SMARTS) is 1. The summed E-state index contributed by atoms with van der Waals surface area (Å²) in [6, 6.07) is 11.7. The molecule has 144 valence electrons. The number of amides is 1. The van der Waals surface area contributed by atoms with Crippen molar-refractivity contribution in [1.82, 2.24) is 0 Å². The van der Waals surface area contributed by atoms with E-state index in [1.54, 1.807) is 36.4 Å². The van der Waals surface area contributed by atoms with E-state index in [1.807, 2.05) is 6.92 Å². The van der Waals surface area contributed by atoms with E-state index in [9.17, 15) is 14.7 Å². The van der Waals surface area contributed by atoms with Crippen molar-refractivity contribution in [2.24, 2.45) is 0 Å². The molecule has 0 aliphatic carbocycles. The van der Waals surface area contributed by atoms with Crippen LogP contribution in [0.4, 0.5) is 5.69 Å². The van der Waals surface area contributed by atoms with Crippen molar-refractivity contribution in [1.29, 1.82) is 0 Å². The first-order chi connectivity index (χ1) is 13.0. The van der Waals surface area contributed by atoms with Crippen LogP contribution in [0.2, 0.25) is 5.02 Å². The number of carbonyl (C=O) groups is 2. The zero-order valence-electron chi connectivity index (χ0n) is 15.0. The Morgan fingerprint density at radius 2 is 1.89 bits per heavy atom. The standard InChI is InChI=1S/C20H22ClNO5/c1-2-26-12-13-27-19-16(21)8-5-9-17(19)22-18(23)11-10-14-6-3-4-7-15(14)20(24)25/h3-9H,2,10-13H2,1H3,(H,22,23)(H,24,25).